The fourth-order valence-electron chi connectivity index (χ4n) is 2.34. The monoisotopic (exact) mass is 514 g/mol. The van der Waals surface area contributed by atoms with Crippen LogP contribution in [0.5, 0.6) is 0 Å². The highest BCUT2D eigenvalue weighted by Gasteiger charge is 2.18. The Kier molecular flexibility index (Phi) is 12.4. The van der Waals surface area contributed by atoms with Crippen molar-refractivity contribution in [1.29, 1.82) is 0 Å². The van der Waals surface area contributed by atoms with Crippen LogP contribution in [-0.4, -0.2) is 52.5 Å². The normalized spacial score (nSPS) is 11.8. The number of halogens is 1. The molecule has 1 aromatic rings. The van der Waals surface area contributed by atoms with Crippen molar-refractivity contribution in [3.8, 4) is 0 Å². The zero-order valence-electron chi connectivity index (χ0n) is 16.0. The van der Waals surface area contributed by atoms with Crippen LogP contribution in [-0.2, 0) is 10.0 Å². The van der Waals surface area contributed by atoms with Crippen LogP contribution in [0.15, 0.2) is 28.6 Å². The van der Waals surface area contributed by atoms with Gasteiger partial charge in [0, 0.05) is 36.4 Å². The Balaban J connectivity index is 0.00000625. The number of allylic oxidation sites excluding steroid dienone is 1. The number of hydrogen-bond donors (Lipinski definition) is 2. The molecule has 26 heavy (non-hydrogen) atoms. The fraction of sp³-hybridized carbons (Fsp3) is 0.588. The van der Waals surface area contributed by atoms with Gasteiger partial charge in [-0.15, -0.1) is 41.9 Å². The summed E-state index contributed by atoms with van der Waals surface area (Å²) in [6, 6.07) is 1.71. The summed E-state index contributed by atoms with van der Waals surface area (Å²) < 4.78 is 27.3. The third kappa shape index (κ3) is 8.36. The molecule has 0 saturated heterocycles. The van der Waals surface area contributed by atoms with E-state index < -0.39 is 10.0 Å². The summed E-state index contributed by atoms with van der Waals surface area (Å²) in [5, 5.41) is 3.23. The third-order valence-corrected chi connectivity index (χ3v) is 6.23. The van der Waals surface area contributed by atoms with E-state index in [-0.39, 0.29) is 30.5 Å². The lowest BCUT2D eigenvalue weighted by Crippen LogP contribution is -2.40. The number of aryl methyl sites for hydroxylation is 2. The van der Waals surface area contributed by atoms with E-state index in [1.165, 1.54) is 11.3 Å². The minimum atomic E-state index is -3.47. The van der Waals surface area contributed by atoms with Gasteiger partial charge in [-0.3, -0.25) is 4.99 Å². The number of sulfonamides is 1. The lowest BCUT2D eigenvalue weighted by molar-refractivity contribution is 0.470. The average molecular weight is 514 g/mol. The Hall–Kier alpha value is -0.650. The van der Waals surface area contributed by atoms with E-state index in [0.717, 1.165) is 41.6 Å². The first-order valence-electron chi connectivity index (χ1n) is 8.48. The van der Waals surface area contributed by atoms with Crippen molar-refractivity contribution >= 4 is 51.3 Å². The van der Waals surface area contributed by atoms with Gasteiger partial charge in [-0.05, 0) is 39.7 Å². The highest BCUT2D eigenvalue weighted by molar-refractivity contribution is 14.0. The molecule has 0 radical (unpaired) electrons. The van der Waals surface area contributed by atoms with Gasteiger partial charge >= 0.3 is 0 Å². The summed E-state index contributed by atoms with van der Waals surface area (Å²) in [5.74, 6) is 0.785. The molecule has 0 aliphatic carbocycles. The number of aliphatic imine (C=N–C) groups is 1. The molecule has 0 aliphatic rings. The lowest BCUT2D eigenvalue weighted by atomic mass is 10.3. The van der Waals surface area contributed by atoms with Crippen LogP contribution in [0.4, 0.5) is 0 Å². The number of thiophene rings is 1. The molecule has 0 fully saturated rings. The van der Waals surface area contributed by atoms with Crippen LogP contribution in [0.25, 0.3) is 0 Å². The first-order valence-corrected chi connectivity index (χ1v) is 10.8. The molecule has 0 unspecified atom stereocenters. The molecular formula is C17H31IN4O2S2. The summed E-state index contributed by atoms with van der Waals surface area (Å²) in [4.78, 5) is 8.72. The number of nitrogens with zero attached hydrogens (tertiary/aromatic N) is 2. The zero-order chi connectivity index (χ0) is 18.9. The Morgan fingerprint density at radius 1 is 1.42 bits per heavy atom. The van der Waals surface area contributed by atoms with Gasteiger partial charge in [-0.2, -0.15) is 0 Å². The van der Waals surface area contributed by atoms with Crippen LogP contribution in [0.3, 0.4) is 0 Å². The van der Waals surface area contributed by atoms with Gasteiger partial charge in [0.1, 0.15) is 0 Å². The molecule has 9 heteroatoms. The average Bonchev–Trinajstić information content (AvgIpc) is 2.90. The second-order valence-electron chi connectivity index (χ2n) is 5.76. The molecule has 0 saturated carbocycles. The predicted octanol–water partition coefficient (Wildman–Crippen LogP) is 3.12. The smallest absolute Gasteiger partial charge is 0.241 e. The van der Waals surface area contributed by atoms with Gasteiger partial charge < -0.3 is 10.2 Å². The van der Waals surface area contributed by atoms with Crippen molar-refractivity contribution in [2.75, 3.05) is 33.2 Å². The minimum Gasteiger partial charge on any atom is -0.357 e. The zero-order valence-corrected chi connectivity index (χ0v) is 20.0. The lowest BCUT2D eigenvalue weighted by Gasteiger charge is -2.21. The molecule has 0 atom stereocenters. The molecule has 0 spiro atoms. The Bertz CT molecular complexity index is 687. The van der Waals surface area contributed by atoms with Crippen molar-refractivity contribution in [2.24, 2.45) is 4.99 Å². The number of guanidine groups is 1. The molecule has 1 aromatic heterocycles. The van der Waals surface area contributed by atoms with E-state index in [1.807, 2.05) is 38.8 Å². The molecule has 0 bridgehead atoms. The maximum atomic E-state index is 12.4. The molecule has 0 aliphatic heterocycles. The third-order valence-electron chi connectivity index (χ3n) is 3.55. The maximum Gasteiger partial charge on any atom is 0.241 e. The van der Waals surface area contributed by atoms with Crippen molar-refractivity contribution < 1.29 is 8.42 Å². The maximum absolute atomic E-state index is 12.4. The minimum absolute atomic E-state index is 0. The summed E-state index contributed by atoms with van der Waals surface area (Å²) in [6.45, 7) is 11.8. The number of unbranched alkanes of at least 4 members (excludes halogenated alkanes) is 1. The van der Waals surface area contributed by atoms with Gasteiger partial charge in [-0.25, -0.2) is 13.1 Å². The van der Waals surface area contributed by atoms with E-state index >= 15 is 0 Å². The van der Waals surface area contributed by atoms with Crippen LogP contribution in [0.1, 0.15) is 29.5 Å². The Morgan fingerprint density at radius 3 is 2.65 bits per heavy atom. The molecule has 0 amide bonds. The quantitative estimate of drug-likeness (QED) is 0.166. The highest BCUT2D eigenvalue weighted by atomic mass is 127. The van der Waals surface area contributed by atoms with Crippen molar-refractivity contribution in [3.05, 3.63) is 28.5 Å². The molecule has 0 aromatic carbocycles. The SMILES string of the molecule is C=CCCCN(C)C(=NCCNS(=O)(=O)c1cc(C)sc1C)NCC.I. The molecule has 150 valence electrons. The second-order valence-corrected chi connectivity index (χ2v) is 8.96. The van der Waals surface area contributed by atoms with Crippen LogP contribution < -0.4 is 10.0 Å². The Labute approximate surface area is 179 Å². The van der Waals surface area contributed by atoms with Gasteiger partial charge in [0.2, 0.25) is 10.0 Å². The van der Waals surface area contributed by atoms with E-state index in [9.17, 15) is 8.42 Å². The number of hydrogen-bond acceptors (Lipinski definition) is 4. The summed E-state index contributed by atoms with van der Waals surface area (Å²) in [7, 11) is -1.49. The first-order chi connectivity index (χ1) is 11.8. The van der Waals surface area contributed by atoms with Gasteiger partial charge in [0.25, 0.3) is 0 Å². The van der Waals surface area contributed by atoms with E-state index in [4.69, 9.17) is 0 Å². The predicted molar refractivity (Wildman–Crippen MR) is 122 cm³/mol. The van der Waals surface area contributed by atoms with Gasteiger partial charge in [0.15, 0.2) is 5.96 Å². The number of rotatable bonds is 10. The number of nitrogens with one attached hydrogen (secondary N) is 2. The van der Waals surface area contributed by atoms with Crippen molar-refractivity contribution in [3.63, 3.8) is 0 Å². The molecule has 1 heterocycles. The summed E-state index contributed by atoms with van der Waals surface area (Å²) in [5.41, 5.74) is 0. The van der Waals surface area contributed by atoms with Crippen LogP contribution in [0, 0.1) is 13.8 Å². The van der Waals surface area contributed by atoms with Crippen molar-refractivity contribution in [2.45, 2.75) is 38.5 Å². The van der Waals surface area contributed by atoms with E-state index in [0.29, 0.717) is 11.4 Å². The second kappa shape index (κ2) is 12.7. The first kappa shape index (κ1) is 25.4. The van der Waals surface area contributed by atoms with E-state index in [1.54, 1.807) is 6.07 Å². The van der Waals surface area contributed by atoms with E-state index in [2.05, 4.69) is 21.6 Å². The topological polar surface area (TPSA) is 73.8 Å². The molecule has 2 N–H and O–H groups in total. The highest BCUT2D eigenvalue weighted by Crippen LogP contribution is 2.24. The Morgan fingerprint density at radius 2 is 2.12 bits per heavy atom. The molecular weight excluding hydrogens is 483 g/mol. The summed E-state index contributed by atoms with van der Waals surface area (Å²) >= 11 is 1.49. The molecule has 1 rings (SSSR count). The summed E-state index contributed by atoms with van der Waals surface area (Å²) in [6.07, 6.45) is 3.87. The largest absolute Gasteiger partial charge is 0.357 e. The van der Waals surface area contributed by atoms with Crippen LogP contribution >= 0.6 is 35.3 Å². The standard InChI is InChI=1S/C17H30N4O2S2.HI/c1-6-8-9-12-21(5)17(18-7-2)19-10-11-20-25(22,23)16-13-14(3)24-15(16)4;/h6,13,20H,1,7-12H2,2-5H3,(H,18,19);1H. The van der Waals surface area contributed by atoms with Crippen LogP contribution in [0.2, 0.25) is 0 Å². The van der Waals surface area contributed by atoms with Crippen molar-refractivity contribution in [1.82, 2.24) is 14.9 Å². The van der Waals surface area contributed by atoms with Gasteiger partial charge in [0.05, 0.1) is 11.4 Å². The van der Waals surface area contributed by atoms with Gasteiger partial charge in [-0.1, -0.05) is 6.08 Å². The fourth-order valence-corrected chi connectivity index (χ4v) is 4.92. The molecule has 6 nitrogen and oxygen atoms in total.